The van der Waals surface area contributed by atoms with Crippen LogP contribution in [0, 0.1) is 11.3 Å². The van der Waals surface area contributed by atoms with Crippen molar-refractivity contribution in [1.29, 1.82) is 5.26 Å². The minimum Gasteiger partial charge on any atom is -0.493 e. The van der Waals surface area contributed by atoms with E-state index in [4.69, 9.17) is 14.7 Å². The van der Waals surface area contributed by atoms with E-state index in [0.717, 1.165) is 5.39 Å². The summed E-state index contributed by atoms with van der Waals surface area (Å²) in [5.41, 5.74) is 1.22. The van der Waals surface area contributed by atoms with Crippen LogP contribution in [0.5, 0.6) is 11.5 Å². The smallest absolute Gasteiger partial charge is 0.187 e. The number of methoxy groups -OCH3 is 2. The van der Waals surface area contributed by atoms with Gasteiger partial charge < -0.3 is 9.47 Å². The highest BCUT2D eigenvalue weighted by atomic mass is 16.5. The van der Waals surface area contributed by atoms with E-state index in [1.54, 1.807) is 26.4 Å². The summed E-state index contributed by atoms with van der Waals surface area (Å²) in [4.78, 5) is 4.20. The second-order valence-electron chi connectivity index (χ2n) is 3.21. The summed E-state index contributed by atoms with van der Waals surface area (Å²) in [6.45, 7) is 0. The van der Waals surface area contributed by atoms with Crippen molar-refractivity contribution in [2.24, 2.45) is 0 Å². The predicted molar refractivity (Wildman–Crippen MR) is 59.6 cm³/mol. The lowest BCUT2D eigenvalue weighted by Gasteiger charge is -2.09. The summed E-state index contributed by atoms with van der Waals surface area (Å²) < 4.78 is 10.4. The lowest BCUT2D eigenvalue weighted by Crippen LogP contribution is -1.93. The summed E-state index contributed by atoms with van der Waals surface area (Å²) in [7, 11) is 3.14. The van der Waals surface area contributed by atoms with Crippen molar-refractivity contribution in [3.05, 3.63) is 30.0 Å². The first-order chi connectivity index (χ1) is 7.80. The molecule has 80 valence electrons. The fourth-order valence-electron chi connectivity index (χ4n) is 1.58. The zero-order valence-corrected chi connectivity index (χ0v) is 9.02. The maximum atomic E-state index is 8.78. The Hall–Kier alpha value is -2.28. The molecular weight excluding hydrogens is 204 g/mol. The van der Waals surface area contributed by atoms with Crippen LogP contribution in [0.15, 0.2) is 24.4 Å². The minimum atomic E-state index is 0.528. The third-order valence-electron chi connectivity index (χ3n) is 2.32. The van der Waals surface area contributed by atoms with Crippen molar-refractivity contribution in [2.75, 3.05) is 14.2 Å². The van der Waals surface area contributed by atoms with Gasteiger partial charge in [0, 0.05) is 11.6 Å². The normalized spacial score (nSPS) is 9.81. The Morgan fingerprint density at radius 1 is 1.25 bits per heavy atom. The molecule has 16 heavy (non-hydrogen) atoms. The zero-order chi connectivity index (χ0) is 11.5. The van der Waals surface area contributed by atoms with Crippen LogP contribution in [0.25, 0.3) is 10.9 Å². The number of nitrogens with zero attached hydrogens (tertiary/aromatic N) is 2. The number of fused-ring (bicyclic) bond motifs is 1. The number of hydrogen-bond donors (Lipinski definition) is 0. The molecule has 0 aliphatic carbocycles. The first-order valence-corrected chi connectivity index (χ1v) is 4.71. The van der Waals surface area contributed by atoms with Gasteiger partial charge in [-0.15, -0.1) is 0 Å². The molecular formula is C12H10N2O2. The van der Waals surface area contributed by atoms with Gasteiger partial charge in [0.25, 0.3) is 0 Å². The van der Waals surface area contributed by atoms with Gasteiger partial charge in [0.2, 0.25) is 0 Å². The number of benzene rings is 1. The van der Waals surface area contributed by atoms with Gasteiger partial charge in [0.15, 0.2) is 11.5 Å². The van der Waals surface area contributed by atoms with Crippen molar-refractivity contribution in [3.8, 4) is 17.6 Å². The highest BCUT2D eigenvalue weighted by Gasteiger charge is 2.10. The van der Waals surface area contributed by atoms with E-state index in [-0.39, 0.29) is 0 Å². The Morgan fingerprint density at radius 2 is 2.06 bits per heavy atom. The van der Waals surface area contributed by atoms with Crippen LogP contribution in [0.4, 0.5) is 0 Å². The van der Waals surface area contributed by atoms with Crippen LogP contribution in [0.2, 0.25) is 0 Å². The van der Waals surface area contributed by atoms with Gasteiger partial charge in [0.05, 0.1) is 19.8 Å². The van der Waals surface area contributed by atoms with Crippen LogP contribution in [-0.2, 0) is 0 Å². The predicted octanol–water partition coefficient (Wildman–Crippen LogP) is 2.12. The second-order valence-corrected chi connectivity index (χ2v) is 3.21. The van der Waals surface area contributed by atoms with Crippen molar-refractivity contribution in [2.45, 2.75) is 0 Å². The number of aromatic nitrogens is 1. The van der Waals surface area contributed by atoms with Gasteiger partial charge in [-0.3, -0.25) is 4.98 Å². The molecule has 0 N–H and O–H groups in total. The van der Waals surface area contributed by atoms with Crippen molar-refractivity contribution in [1.82, 2.24) is 4.98 Å². The second kappa shape index (κ2) is 4.07. The van der Waals surface area contributed by atoms with E-state index >= 15 is 0 Å². The van der Waals surface area contributed by atoms with E-state index in [0.29, 0.717) is 22.6 Å². The van der Waals surface area contributed by atoms with Gasteiger partial charge in [-0.25, -0.2) is 0 Å². The van der Waals surface area contributed by atoms with E-state index in [2.05, 4.69) is 11.1 Å². The van der Waals surface area contributed by atoms with E-state index in [9.17, 15) is 0 Å². The summed E-state index contributed by atoms with van der Waals surface area (Å²) in [5.74, 6) is 1.22. The lowest BCUT2D eigenvalue weighted by atomic mass is 10.1. The van der Waals surface area contributed by atoms with Crippen molar-refractivity contribution >= 4 is 10.9 Å². The number of hydrogen-bond acceptors (Lipinski definition) is 4. The Kier molecular flexibility index (Phi) is 2.61. The molecule has 0 saturated carbocycles. The topological polar surface area (TPSA) is 55.1 Å². The Bertz CT molecular complexity index is 573. The molecule has 0 amide bonds. The molecule has 0 radical (unpaired) electrons. The largest absolute Gasteiger partial charge is 0.493 e. The van der Waals surface area contributed by atoms with Crippen LogP contribution in [0.3, 0.4) is 0 Å². The maximum Gasteiger partial charge on any atom is 0.187 e. The number of pyridine rings is 1. The van der Waals surface area contributed by atoms with Gasteiger partial charge in [-0.2, -0.15) is 5.26 Å². The van der Waals surface area contributed by atoms with Crippen LogP contribution < -0.4 is 9.47 Å². The van der Waals surface area contributed by atoms with Crippen molar-refractivity contribution in [3.63, 3.8) is 0 Å². The van der Waals surface area contributed by atoms with E-state index < -0.39 is 0 Å². The number of rotatable bonds is 2. The highest BCUT2D eigenvalue weighted by Crippen LogP contribution is 2.33. The average molecular weight is 214 g/mol. The molecule has 0 unspecified atom stereocenters. The Labute approximate surface area is 93.0 Å². The SMILES string of the molecule is COc1ccc2cc(C#N)cnc2c1OC. The van der Waals surface area contributed by atoms with Gasteiger partial charge in [-0.05, 0) is 18.2 Å². The molecule has 0 fully saturated rings. The number of ether oxygens (including phenoxy) is 2. The molecule has 4 heteroatoms. The molecule has 0 spiro atoms. The summed E-state index contributed by atoms with van der Waals surface area (Å²) in [6.07, 6.45) is 1.52. The monoisotopic (exact) mass is 214 g/mol. The quantitative estimate of drug-likeness (QED) is 0.768. The molecule has 0 saturated heterocycles. The fraction of sp³-hybridized carbons (Fsp3) is 0.167. The highest BCUT2D eigenvalue weighted by molar-refractivity contribution is 5.87. The average Bonchev–Trinajstić information content (AvgIpc) is 2.36. The first kappa shape index (κ1) is 10.2. The first-order valence-electron chi connectivity index (χ1n) is 4.71. The summed E-state index contributed by atoms with van der Waals surface area (Å²) >= 11 is 0. The zero-order valence-electron chi connectivity index (χ0n) is 9.02. The third kappa shape index (κ3) is 1.52. The van der Waals surface area contributed by atoms with Crippen LogP contribution in [0.1, 0.15) is 5.56 Å². The minimum absolute atomic E-state index is 0.528. The summed E-state index contributed by atoms with van der Waals surface area (Å²) in [5, 5.41) is 9.64. The van der Waals surface area contributed by atoms with E-state index in [1.807, 2.05) is 6.07 Å². The van der Waals surface area contributed by atoms with Crippen molar-refractivity contribution < 1.29 is 9.47 Å². The van der Waals surface area contributed by atoms with Gasteiger partial charge in [0.1, 0.15) is 11.6 Å². The summed E-state index contributed by atoms with van der Waals surface area (Å²) in [6, 6.07) is 7.47. The molecule has 1 aromatic carbocycles. The van der Waals surface area contributed by atoms with Crippen LogP contribution >= 0.6 is 0 Å². The molecule has 1 aromatic heterocycles. The molecule has 2 aromatic rings. The molecule has 0 bridgehead atoms. The van der Waals surface area contributed by atoms with Gasteiger partial charge >= 0.3 is 0 Å². The van der Waals surface area contributed by atoms with Crippen LogP contribution in [-0.4, -0.2) is 19.2 Å². The maximum absolute atomic E-state index is 8.78. The Morgan fingerprint density at radius 3 is 2.69 bits per heavy atom. The molecule has 0 aliphatic heterocycles. The Balaban J connectivity index is 2.75. The molecule has 4 nitrogen and oxygen atoms in total. The fourth-order valence-corrected chi connectivity index (χ4v) is 1.58. The number of nitriles is 1. The van der Waals surface area contributed by atoms with E-state index in [1.165, 1.54) is 6.20 Å². The lowest BCUT2D eigenvalue weighted by molar-refractivity contribution is 0.358. The molecule has 1 heterocycles. The third-order valence-corrected chi connectivity index (χ3v) is 2.32. The van der Waals surface area contributed by atoms with Gasteiger partial charge in [-0.1, -0.05) is 0 Å². The molecule has 2 rings (SSSR count). The molecule has 0 atom stereocenters. The standard InChI is InChI=1S/C12H10N2O2/c1-15-10-4-3-9-5-8(6-13)7-14-11(9)12(10)16-2/h3-5,7H,1-2H3. The molecule has 0 aliphatic rings.